The first-order chi connectivity index (χ1) is 9.86. The molecule has 0 radical (unpaired) electrons. The van der Waals surface area contributed by atoms with Crippen molar-refractivity contribution < 1.29 is 17.2 Å². The Bertz CT molecular complexity index is 552. The van der Waals surface area contributed by atoms with E-state index >= 15 is 0 Å². The van der Waals surface area contributed by atoms with E-state index in [2.05, 4.69) is 5.32 Å². The lowest BCUT2D eigenvalue weighted by Crippen LogP contribution is -2.34. The van der Waals surface area contributed by atoms with Crippen molar-refractivity contribution >= 4 is 15.9 Å². The zero-order valence-electron chi connectivity index (χ0n) is 12.2. The summed E-state index contributed by atoms with van der Waals surface area (Å²) in [6, 6.07) is 2.61. The van der Waals surface area contributed by atoms with Gasteiger partial charge in [0.25, 0.3) is 0 Å². The van der Waals surface area contributed by atoms with Crippen LogP contribution in [0.4, 0.5) is 14.5 Å². The second-order valence-electron chi connectivity index (χ2n) is 4.66. The third-order valence-corrected chi connectivity index (χ3v) is 4.31. The molecule has 1 rings (SSSR count). The molecule has 120 valence electrons. The Balaban J connectivity index is 2.57. The van der Waals surface area contributed by atoms with Gasteiger partial charge in [0, 0.05) is 19.7 Å². The average Bonchev–Trinajstić information content (AvgIpc) is 2.42. The zero-order valence-corrected chi connectivity index (χ0v) is 13.0. The molecule has 0 atom stereocenters. The second kappa shape index (κ2) is 8.26. The average molecular weight is 321 g/mol. The summed E-state index contributed by atoms with van der Waals surface area (Å²) in [5.41, 5.74) is -0.397. The summed E-state index contributed by atoms with van der Waals surface area (Å²) in [7, 11) is -2.51. The van der Waals surface area contributed by atoms with E-state index in [9.17, 15) is 17.2 Å². The molecule has 0 saturated heterocycles. The van der Waals surface area contributed by atoms with Gasteiger partial charge in [-0.2, -0.15) is 12.7 Å². The molecule has 0 bridgehead atoms. The molecule has 0 heterocycles. The number of anilines is 1. The lowest BCUT2D eigenvalue weighted by molar-refractivity contribution is 0.458. The van der Waals surface area contributed by atoms with E-state index in [0.29, 0.717) is 13.0 Å². The van der Waals surface area contributed by atoms with Gasteiger partial charge < -0.3 is 5.32 Å². The lowest BCUT2D eigenvalue weighted by Gasteiger charge is -2.18. The van der Waals surface area contributed by atoms with Crippen LogP contribution in [0.5, 0.6) is 0 Å². The standard InChI is InChI=1S/C13H21F2N3O2S/c1-3-7-16-8-4-9-18(2)21(19,20)17-13-10-11(14)5-6-12(13)15/h5-6,10,16-17H,3-4,7-9H2,1-2H3. The first-order valence-corrected chi connectivity index (χ1v) is 8.20. The largest absolute Gasteiger partial charge is 0.317 e. The molecule has 0 aliphatic heterocycles. The van der Waals surface area contributed by atoms with Crippen LogP contribution < -0.4 is 10.0 Å². The molecule has 0 fully saturated rings. The van der Waals surface area contributed by atoms with Gasteiger partial charge >= 0.3 is 10.2 Å². The van der Waals surface area contributed by atoms with Gasteiger partial charge in [0.05, 0.1) is 5.69 Å². The monoisotopic (exact) mass is 321 g/mol. The van der Waals surface area contributed by atoms with Crippen molar-refractivity contribution in [2.45, 2.75) is 19.8 Å². The van der Waals surface area contributed by atoms with Gasteiger partial charge in [0.1, 0.15) is 11.6 Å². The van der Waals surface area contributed by atoms with Crippen molar-refractivity contribution in [3.05, 3.63) is 29.8 Å². The fourth-order valence-electron chi connectivity index (χ4n) is 1.64. The molecule has 0 aliphatic carbocycles. The topological polar surface area (TPSA) is 61.4 Å². The van der Waals surface area contributed by atoms with Crippen LogP contribution in [0, 0.1) is 11.6 Å². The number of hydrogen-bond acceptors (Lipinski definition) is 3. The van der Waals surface area contributed by atoms with Crippen LogP contribution in [-0.4, -0.2) is 39.4 Å². The van der Waals surface area contributed by atoms with Crippen molar-refractivity contribution in [3.8, 4) is 0 Å². The number of hydrogen-bond donors (Lipinski definition) is 2. The fraction of sp³-hybridized carbons (Fsp3) is 0.538. The van der Waals surface area contributed by atoms with Gasteiger partial charge in [0.15, 0.2) is 0 Å². The summed E-state index contributed by atoms with van der Waals surface area (Å²) in [5, 5.41) is 3.16. The normalized spacial score (nSPS) is 11.9. The van der Waals surface area contributed by atoms with Crippen LogP contribution in [0.2, 0.25) is 0 Å². The lowest BCUT2D eigenvalue weighted by atomic mass is 10.3. The Morgan fingerprint density at radius 1 is 1.24 bits per heavy atom. The van der Waals surface area contributed by atoms with E-state index in [0.717, 1.165) is 35.5 Å². The first kappa shape index (κ1) is 17.8. The minimum atomic E-state index is -3.90. The Morgan fingerprint density at radius 3 is 2.62 bits per heavy atom. The van der Waals surface area contributed by atoms with Crippen molar-refractivity contribution in [3.63, 3.8) is 0 Å². The number of nitrogens with zero attached hydrogens (tertiary/aromatic N) is 1. The van der Waals surface area contributed by atoms with Crippen LogP contribution in [0.15, 0.2) is 18.2 Å². The van der Waals surface area contributed by atoms with Crippen molar-refractivity contribution in [2.24, 2.45) is 0 Å². The Hall–Kier alpha value is -1.25. The van der Waals surface area contributed by atoms with E-state index in [1.54, 1.807) is 0 Å². The highest BCUT2D eigenvalue weighted by Crippen LogP contribution is 2.17. The number of rotatable bonds is 9. The van der Waals surface area contributed by atoms with Gasteiger partial charge in [-0.3, -0.25) is 4.72 Å². The van der Waals surface area contributed by atoms with E-state index in [1.807, 2.05) is 11.6 Å². The molecular weight excluding hydrogens is 300 g/mol. The number of nitrogens with one attached hydrogen (secondary N) is 2. The Morgan fingerprint density at radius 2 is 1.95 bits per heavy atom. The molecule has 0 aromatic heterocycles. The maximum Gasteiger partial charge on any atom is 0.301 e. The molecule has 0 saturated carbocycles. The molecule has 1 aromatic carbocycles. The molecular formula is C13H21F2N3O2S. The van der Waals surface area contributed by atoms with Crippen LogP contribution in [0.3, 0.4) is 0 Å². The maximum absolute atomic E-state index is 13.4. The van der Waals surface area contributed by atoms with Crippen LogP contribution >= 0.6 is 0 Å². The van der Waals surface area contributed by atoms with E-state index in [4.69, 9.17) is 0 Å². The third kappa shape index (κ3) is 5.94. The summed E-state index contributed by atoms with van der Waals surface area (Å²) in [4.78, 5) is 0. The minimum Gasteiger partial charge on any atom is -0.317 e. The summed E-state index contributed by atoms with van der Waals surface area (Å²) >= 11 is 0. The Kier molecular flexibility index (Phi) is 7.00. The van der Waals surface area contributed by atoms with Gasteiger partial charge in [-0.25, -0.2) is 8.78 Å². The molecule has 0 aliphatic rings. The van der Waals surface area contributed by atoms with Crippen molar-refractivity contribution in [1.29, 1.82) is 0 Å². The maximum atomic E-state index is 13.4. The highest BCUT2D eigenvalue weighted by atomic mass is 32.2. The summed E-state index contributed by atoms with van der Waals surface area (Å²) in [6.45, 7) is 3.90. The number of benzene rings is 1. The van der Waals surface area contributed by atoms with Gasteiger partial charge in [-0.05, 0) is 38.1 Å². The molecule has 0 spiro atoms. The van der Waals surface area contributed by atoms with E-state index < -0.39 is 27.5 Å². The molecule has 21 heavy (non-hydrogen) atoms. The highest BCUT2D eigenvalue weighted by molar-refractivity contribution is 7.90. The molecule has 2 N–H and O–H groups in total. The second-order valence-corrected chi connectivity index (χ2v) is 6.43. The zero-order chi connectivity index (χ0) is 15.9. The Labute approximate surface area is 124 Å². The minimum absolute atomic E-state index is 0.281. The molecule has 1 aromatic rings. The first-order valence-electron chi connectivity index (χ1n) is 6.76. The van der Waals surface area contributed by atoms with Crippen LogP contribution in [0.1, 0.15) is 19.8 Å². The van der Waals surface area contributed by atoms with Gasteiger partial charge in [-0.1, -0.05) is 6.92 Å². The summed E-state index contributed by atoms with van der Waals surface area (Å²) in [6.07, 6.45) is 1.64. The SMILES string of the molecule is CCCNCCCN(C)S(=O)(=O)Nc1cc(F)ccc1F. The van der Waals surface area contributed by atoms with Crippen molar-refractivity contribution in [2.75, 3.05) is 31.4 Å². The van der Waals surface area contributed by atoms with Crippen LogP contribution in [-0.2, 0) is 10.2 Å². The molecule has 0 unspecified atom stereocenters. The highest BCUT2D eigenvalue weighted by Gasteiger charge is 2.19. The number of halogens is 2. The molecule has 5 nitrogen and oxygen atoms in total. The third-order valence-electron chi connectivity index (χ3n) is 2.83. The van der Waals surface area contributed by atoms with Gasteiger partial charge in [-0.15, -0.1) is 0 Å². The van der Waals surface area contributed by atoms with Crippen molar-refractivity contribution in [1.82, 2.24) is 9.62 Å². The van der Waals surface area contributed by atoms with E-state index in [-0.39, 0.29) is 6.54 Å². The van der Waals surface area contributed by atoms with Gasteiger partial charge in [0.2, 0.25) is 0 Å². The quantitative estimate of drug-likeness (QED) is 0.683. The molecule has 8 heteroatoms. The smallest absolute Gasteiger partial charge is 0.301 e. The predicted octanol–water partition coefficient (Wildman–Crippen LogP) is 1.94. The fourth-order valence-corrected chi connectivity index (χ4v) is 2.60. The van der Waals surface area contributed by atoms with E-state index in [1.165, 1.54) is 7.05 Å². The summed E-state index contributed by atoms with van der Waals surface area (Å²) < 4.78 is 53.5. The predicted molar refractivity (Wildman–Crippen MR) is 79.3 cm³/mol. The summed E-state index contributed by atoms with van der Waals surface area (Å²) in [5.74, 6) is -1.53. The molecule has 0 amide bonds. The van der Waals surface area contributed by atoms with Crippen LogP contribution in [0.25, 0.3) is 0 Å².